The normalized spacial score (nSPS) is 9.39. The van der Waals surface area contributed by atoms with Crippen molar-refractivity contribution in [1.29, 1.82) is 0 Å². The van der Waals surface area contributed by atoms with Crippen LogP contribution in [0.4, 0.5) is 10.5 Å². The Morgan fingerprint density at radius 1 is 1.39 bits per heavy atom. The zero-order valence-corrected chi connectivity index (χ0v) is 10.6. The summed E-state index contributed by atoms with van der Waals surface area (Å²) >= 11 is 0. The monoisotopic (exact) mass is 246 g/mol. The number of carbonyl (C=O) groups excluding carboxylic acids is 1. The van der Waals surface area contributed by atoms with Crippen molar-refractivity contribution in [2.45, 2.75) is 0 Å². The Labute approximate surface area is 108 Å². The van der Waals surface area contributed by atoms with E-state index in [0.29, 0.717) is 24.5 Å². The second-order valence-electron chi connectivity index (χ2n) is 3.64. The van der Waals surface area contributed by atoms with Gasteiger partial charge < -0.3 is 15.0 Å². The summed E-state index contributed by atoms with van der Waals surface area (Å²) in [5, 5.41) is 2.80. The van der Waals surface area contributed by atoms with Crippen molar-refractivity contribution in [3.05, 3.63) is 49.6 Å². The van der Waals surface area contributed by atoms with E-state index in [-0.39, 0.29) is 6.03 Å². The van der Waals surface area contributed by atoms with Crippen LogP contribution in [0, 0.1) is 0 Å². The fraction of sp³-hybridized carbons (Fsp3) is 0.214. The molecule has 0 spiro atoms. The van der Waals surface area contributed by atoms with Gasteiger partial charge in [-0.3, -0.25) is 0 Å². The molecule has 96 valence electrons. The number of urea groups is 1. The summed E-state index contributed by atoms with van der Waals surface area (Å²) in [5.41, 5.74) is 0.692. The third-order valence-corrected chi connectivity index (χ3v) is 2.31. The minimum absolute atomic E-state index is 0.192. The molecule has 0 aromatic heterocycles. The molecule has 0 atom stereocenters. The Bertz CT molecular complexity index is 420. The smallest absolute Gasteiger partial charge is 0.322 e. The van der Waals surface area contributed by atoms with E-state index in [1.807, 2.05) is 12.1 Å². The zero-order chi connectivity index (χ0) is 13.4. The lowest BCUT2D eigenvalue weighted by molar-refractivity contribution is 0.222. The standard InChI is InChI=1S/C14H18N2O2/c1-4-9-16(10-5-2)14(17)15-12-7-6-8-13(11-12)18-3/h4-8,11H,1-2,9-10H2,3H3,(H,15,17). The number of benzene rings is 1. The number of amides is 2. The maximum Gasteiger partial charge on any atom is 0.322 e. The summed E-state index contributed by atoms with van der Waals surface area (Å²) in [7, 11) is 1.59. The molecule has 0 unspecified atom stereocenters. The average molecular weight is 246 g/mol. The molecule has 0 bridgehead atoms. The van der Waals surface area contributed by atoms with E-state index in [1.165, 1.54) is 0 Å². The predicted molar refractivity (Wildman–Crippen MR) is 74.0 cm³/mol. The first-order valence-corrected chi connectivity index (χ1v) is 5.63. The number of carbonyl (C=O) groups is 1. The Kier molecular flexibility index (Phi) is 5.51. The minimum atomic E-state index is -0.192. The van der Waals surface area contributed by atoms with Gasteiger partial charge in [0.2, 0.25) is 0 Å². The Morgan fingerprint density at radius 2 is 2.06 bits per heavy atom. The number of nitrogens with zero attached hydrogens (tertiary/aromatic N) is 1. The van der Waals surface area contributed by atoms with Crippen molar-refractivity contribution >= 4 is 11.7 Å². The van der Waals surface area contributed by atoms with Crippen LogP contribution in [-0.4, -0.2) is 31.1 Å². The summed E-state index contributed by atoms with van der Waals surface area (Å²) < 4.78 is 5.09. The van der Waals surface area contributed by atoms with Crippen LogP contribution < -0.4 is 10.1 Å². The minimum Gasteiger partial charge on any atom is -0.497 e. The molecule has 0 heterocycles. The van der Waals surface area contributed by atoms with Crippen LogP contribution in [0.15, 0.2) is 49.6 Å². The van der Waals surface area contributed by atoms with E-state index in [4.69, 9.17) is 4.74 Å². The lowest BCUT2D eigenvalue weighted by Gasteiger charge is -2.20. The maximum atomic E-state index is 12.0. The van der Waals surface area contributed by atoms with Crippen LogP contribution in [0.25, 0.3) is 0 Å². The van der Waals surface area contributed by atoms with Gasteiger partial charge in [0.05, 0.1) is 7.11 Å². The number of ether oxygens (including phenoxy) is 1. The van der Waals surface area contributed by atoms with Gasteiger partial charge in [-0.25, -0.2) is 4.79 Å². The molecule has 1 aromatic carbocycles. The fourth-order valence-corrected chi connectivity index (χ4v) is 1.46. The summed E-state index contributed by atoms with van der Waals surface area (Å²) in [5.74, 6) is 0.701. The number of rotatable bonds is 6. The van der Waals surface area contributed by atoms with Gasteiger partial charge in [-0.05, 0) is 12.1 Å². The summed E-state index contributed by atoms with van der Waals surface area (Å²) in [6.07, 6.45) is 3.35. The third kappa shape index (κ3) is 3.97. The van der Waals surface area contributed by atoms with E-state index < -0.39 is 0 Å². The third-order valence-electron chi connectivity index (χ3n) is 2.31. The molecule has 0 saturated heterocycles. The van der Waals surface area contributed by atoms with Crippen LogP contribution in [0.1, 0.15) is 0 Å². The number of hydrogen-bond donors (Lipinski definition) is 1. The van der Waals surface area contributed by atoms with Crippen molar-refractivity contribution in [2.24, 2.45) is 0 Å². The van der Waals surface area contributed by atoms with Gasteiger partial charge >= 0.3 is 6.03 Å². The Morgan fingerprint density at radius 3 is 2.61 bits per heavy atom. The van der Waals surface area contributed by atoms with Gasteiger partial charge in [0.15, 0.2) is 0 Å². The SMILES string of the molecule is C=CCN(CC=C)C(=O)Nc1cccc(OC)c1. The molecule has 1 aromatic rings. The number of hydrogen-bond acceptors (Lipinski definition) is 2. The highest BCUT2D eigenvalue weighted by molar-refractivity contribution is 5.89. The summed E-state index contributed by atoms with van der Waals surface area (Å²) in [6, 6.07) is 7.02. The molecular formula is C14H18N2O2. The first-order valence-electron chi connectivity index (χ1n) is 5.63. The van der Waals surface area contributed by atoms with Gasteiger partial charge in [0.1, 0.15) is 5.75 Å². The molecule has 1 N–H and O–H groups in total. The van der Waals surface area contributed by atoms with E-state index in [0.717, 1.165) is 0 Å². The molecule has 0 radical (unpaired) electrons. The summed E-state index contributed by atoms with van der Waals surface area (Å²) in [6.45, 7) is 8.20. The number of methoxy groups -OCH3 is 1. The van der Waals surface area contributed by atoms with Gasteiger partial charge in [0, 0.05) is 24.8 Å². The van der Waals surface area contributed by atoms with Crippen molar-refractivity contribution < 1.29 is 9.53 Å². The van der Waals surface area contributed by atoms with Crippen molar-refractivity contribution in [3.8, 4) is 5.75 Å². The first-order chi connectivity index (χ1) is 8.71. The van der Waals surface area contributed by atoms with E-state index in [9.17, 15) is 4.79 Å². The van der Waals surface area contributed by atoms with Crippen molar-refractivity contribution in [1.82, 2.24) is 4.90 Å². The molecule has 18 heavy (non-hydrogen) atoms. The molecule has 2 amide bonds. The van der Waals surface area contributed by atoms with Crippen LogP contribution in [0.2, 0.25) is 0 Å². The largest absolute Gasteiger partial charge is 0.497 e. The molecule has 1 rings (SSSR count). The zero-order valence-electron chi connectivity index (χ0n) is 10.6. The molecule has 0 aliphatic heterocycles. The molecule has 0 aliphatic rings. The molecule has 0 saturated carbocycles. The van der Waals surface area contributed by atoms with E-state index >= 15 is 0 Å². The highest BCUT2D eigenvalue weighted by atomic mass is 16.5. The quantitative estimate of drug-likeness (QED) is 0.784. The first kappa shape index (κ1) is 13.8. The molecule has 0 fully saturated rings. The molecular weight excluding hydrogens is 228 g/mol. The van der Waals surface area contributed by atoms with Gasteiger partial charge in [-0.2, -0.15) is 0 Å². The van der Waals surface area contributed by atoms with E-state index in [2.05, 4.69) is 18.5 Å². The van der Waals surface area contributed by atoms with Crippen LogP contribution in [0.3, 0.4) is 0 Å². The fourth-order valence-electron chi connectivity index (χ4n) is 1.46. The van der Waals surface area contributed by atoms with Crippen LogP contribution in [0.5, 0.6) is 5.75 Å². The van der Waals surface area contributed by atoms with Gasteiger partial charge in [-0.15, -0.1) is 13.2 Å². The second kappa shape index (κ2) is 7.17. The second-order valence-corrected chi connectivity index (χ2v) is 3.64. The van der Waals surface area contributed by atoms with Gasteiger partial charge in [0.25, 0.3) is 0 Å². The van der Waals surface area contributed by atoms with Crippen LogP contribution >= 0.6 is 0 Å². The lowest BCUT2D eigenvalue weighted by atomic mass is 10.3. The van der Waals surface area contributed by atoms with Gasteiger partial charge in [-0.1, -0.05) is 18.2 Å². The van der Waals surface area contributed by atoms with E-state index in [1.54, 1.807) is 36.3 Å². The maximum absolute atomic E-state index is 12.0. The molecule has 4 nitrogen and oxygen atoms in total. The topological polar surface area (TPSA) is 41.6 Å². The summed E-state index contributed by atoms with van der Waals surface area (Å²) in [4.78, 5) is 13.6. The van der Waals surface area contributed by atoms with Crippen LogP contribution in [-0.2, 0) is 0 Å². The predicted octanol–water partition coefficient (Wildman–Crippen LogP) is 2.90. The average Bonchev–Trinajstić information content (AvgIpc) is 2.38. The molecule has 4 heteroatoms. The molecule has 0 aliphatic carbocycles. The van der Waals surface area contributed by atoms with Crippen molar-refractivity contribution in [2.75, 3.05) is 25.5 Å². The number of nitrogens with one attached hydrogen (secondary N) is 1. The highest BCUT2D eigenvalue weighted by Gasteiger charge is 2.10. The highest BCUT2D eigenvalue weighted by Crippen LogP contribution is 2.17. The lowest BCUT2D eigenvalue weighted by Crippen LogP contribution is -2.35. The number of anilines is 1. The Hall–Kier alpha value is -2.23. The van der Waals surface area contributed by atoms with Crippen molar-refractivity contribution in [3.63, 3.8) is 0 Å². The Balaban J connectivity index is 2.71.